The van der Waals surface area contributed by atoms with E-state index in [2.05, 4.69) is 14.7 Å². The predicted molar refractivity (Wildman–Crippen MR) is 81.3 cm³/mol. The summed E-state index contributed by atoms with van der Waals surface area (Å²) in [4.78, 5) is 7.41. The summed E-state index contributed by atoms with van der Waals surface area (Å²) in [5.41, 5.74) is 1.97. The third-order valence-corrected chi connectivity index (χ3v) is 4.86. The molecule has 0 unspecified atom stereocenters. The van der Waals surface area contributed by atoms with E-state index < -0.39 is 15.8 Å². The lowest BCUT2D eigenvalue weighted by molar-refractivity contribution is 0.578. The van der Waals surface area contributed by atoms with E-state index >= 15 is 0 Å². The van der Waals surface area contributed by atoms with Gasteiger partial charge in [0.1, 0.15) is 11.6 Å². The van der Waals surface area contributed by atoms with Crippen LogP contribution in [0.4, 0.5) is 4.39 Å². The molecular formula is C15H14FN3O2S. The third-order valence-electron chi connectivity index (χ3n) is 3.29. The smallest absolute Gasteiger partial charge is 0.241 e. The molecule has 0 radical (unpaired) electrons. The minimum absolute atomic E-state index is 0.0355. The van der Waals surface area contributed by atoms with Gasteiger partial charge in [-0.3, -0.25) is 0 Å². The van der Waals surface area contributed by atoms with Gasteiger partial charge in [-0.25, -0.2) is 22.5 Å². The van der Waals surface area contributed by atoms with Crippen molar-refractivity contribution in [1.29, 1.82) is 0 Å². The van der Waals surface area contributed by atoms with E-state index in [0.717, 1.165) is 17.1 Å². The van der Waals surface area contributed by atoms with Crippen molar-refractivity contribution in [1.82, 2.24) is 14.7 Å². The molecule has 3 aromatic rings. The molecule has 0 spiro atoms. The number of halogens is 1. The summed E-state index contributed by atoms with van der Waals surface area (Å²) >= 11 is 0. The summed E-state index contributed by atoms with van der Waals surface area (Å²) in [6.07, 6.45) is 0. The Morgan fingerprint density at radius 2 is 2.00 bits per heavy atom. The Morgan fingerprint density at radius 3 is 2.73 bits per heavy atom. The van der Waals surface area contributed by atoms with E-state index in [0.29, 0.717) is 11.4 Å². The van der Waals surface area contributed by atoms with Gasteiger partial charge >= 0.3 is 0 Å². The second kappa shape index (κ2) is 5.51. The first kappa shape index (κ1) is 14.7. The van der Waals surface area contributed by atoms with Gasteiger partial charge in [0.05, 0.1) is 22.5 Å². The lowest BCUT2D eigenvalue weighted by Crippen LogP contribution is -2.24. The largest absolute Gasteiger partial charge is 0.341 e. The molecule has 0 aliphatic rings. The first-order chi connectivity index (χ1) is 10.5. The highest BCUT2D eigenvalue weighted by molar-refractivity contribution is 7.89. The standard InChI is InChI=1S/C15H14FN3O2S/c1-10-8-11(16)6-7-14(10)22(20,21)17-9-15-18-12-4-2-3-5-13(12)19-15/h2-8,17H,9H2,1H3,(H,18,19). The molecule has 0 atom stereocenters. The molecule has 0 amide bonds. The number of H-pyrrole nitrogens is 1. The van der Waals surface area contributed by atoms with Crippen LogP contribution in [0.25, 0.3) is 11.0 Å². The Morgan fingerprint density at radius 1 is 1.23 bits per heavy atom. The molecule has 1 aromatic heterocycles. The summed E-state index contributed by atoms with van der Waals surface area (Å²) in [5.74, 6) is 0.0540. The van der Waals surface area contributed by atoms with E-state index in [4.69, 9.17) is 0 Å². The molecule has 7 heteroatoms. The van der Waals surface area contributed by atoms with Crippen LogP contribution in [-0.4, -0.2) is 18.4 Å². The normalized spacial score (nSPS) is 11.9. The van der Waals surface area contributed by atoms with E-state index in [1.807, 2.05) is 24.3 Å². The first-order valence-electron chi connectivity index (χ1n) is 6.65. The van der Waals surface area contributed by atoms with Crippen molar-refractivity contribution in [3.8, 4) is 0 Å². The Hall–Kier alpha value is -2.25. The van der Waals surface area contributed by atoms with Crippen LogP contribution in [0, 0.1) is 12.7 Å². The minimum Gasteiger partial charge on any atom is -0.341 e. The topological polar surface area (TPSA) is 74.8 Å². The number of fused-ring (bicyclic) bond motifs is 1. The molecule has 3 rings (SSSR count). The average molecular weight is 319 g/mol. The van der Waals surface area contributed by atoms with Gasteiger partial charge in [-0.2, -0.15) is 0 Å². The molecule has 0 saturated heterocycles. The summed E-state index contributed by atoms with van der Waals surface area (Å²) < 4.78 is 40.1. The number of aromatic amines is 1. The van der Waals surface area contributed by atoms with Crippen molar-refractivity contribution in [2.75, 3.05) is 0 Å². The lowest BCUT2D eigenvalue weighted by Gasteiger charge is -2.08. The molecule has 0 fully saturated rings. The Kier molecular flexibility index (Phi) is 3.67. The molecule has 0 bridgehead atoms. The highest BCUT2D eigenvalue weighted by Gasteiger charge is 2.17. The van der Waals surface area contributed by atoms with Crippen LogP contribution in [0.5, 0.6) is 0 Å². The second-order valence-corrected chi connectivity index (χ2v) is 6.67. The average Bonchev–Trinajstić information content (AvgIpc) is 2.87. The number of aromatic nitrogens is 2. The number of hydrogen-bond donors (Lipinski definition) is 2. The summed E-state index contributed by atoms with van der Waals surface area (Å²) in [7, 11) is -3.72. The fraction of sp³-hybridized carbons (Fsp3) is 0.133. The Balaban J connectivity index is 1.82. The minimum atomic E-state index is -3.72. The molecule has 22 heavy (non-hydrogen) atoms. The number of imidazole rings is 1. The number of benzene rings is 2. The van der Waals surface area contributed by atoms with Gasteiger partial charge in [-0.05, 0) is 42.8 Å². The summed E-state index contributed by atoms with van der Waals surface area (Å²) in [6, 6.07) is 11.0. The van der Waals surface area contributed by atoms with Crippen LogP contribution >= 0.6 is 0 Å². The van der Waals surface area contributed by atoms with Gasteiger partial charge in [-0.1, -0.05) is 12.1 Å². The van der Waals surface area contributed by atoms with Crippen molar-refractivity contribution >= 4 is 21.1 Å². The molecular weight excluding hydrogens is 305 g/mol. The maximum atomic E-state index is 13.1. The zero-order chi connectivity index (χ0) is 15.7. The van der Waals surface area contributed by atoms with Crippen LogP contribution < -0.4 is 4.72 Å². The van der Waals surface area contributed by atoms with Crippen molar-refractivity contribution in [2.45, 2.75) is 18.4 Å². The van der Waals surface area contributed by atoms with Crippen LogP contribution in [0.15, 0.2) is 47.4 Å². The highest BCUT2D eigenvalue weighted by atomic mass is 32.2. The SMILES string of the molecule is Cc1cc(F)ccc1S(=O)(=O)NCc1nc2ccccc2[nH]1. The highest BCUT2D eigenvalue weighted by Crippen LogP contribution is 2.16. The number of aryl methyl sites for hydroxylation is 1. The van der Waals surface area contributed by atoms with Crippen LogP contribution in [0.3, 0.4) is 0 Å². The van der Waals surface area contributed by atoms with Gasteiger partial charge in [0.2, 0.25) is 10.0 Å². The van der Waals surface area contributed by atoms with Crippen LogP contribution in [-0.2, 0) is 16.6 Å². The molecule has 0 saturated carbocycles. The van der Waals surface area contributed by atoms with Crippen LogP contribution in [0.2, 0.25) is 0 Å². The van der Waals surface area contributed by atoms with E-state index in [1.54, 1.807) is 6.92 Å². The molecule has 0 aliphatic carbocycles. The monoisotopic (exact) mass is 319 g/mol. The van der Waals surface area contributed by atoms with E-state index in [9.17, 15) is 12.8 Å². The number of sulfonamides is 1. The molecule has 2 N–H and O–H groups in total. The zero-order valence-corrected chi connectivity index (χ0v) is 12.6. The van der Waals surface area contributed by atoms with Gasteiger partial charge < -0.3 is 4.98 Å². The fourth-order valence-corrected chi connectivity index (χ4v) is 3.46. The van der Waals surface area contributed by atoms with Crippen molar-refractivity contribution in [2.24, 2.45) is 0 Å². The maximum Gasteiger partial charge on any atom is 0.241 e. The molecule has 5 nitrogen and oxygen atoms in total. The summed E-state index contributed by atoms with van der Waals surface area (Å²) in [6.45, 7) is 1.59. The second-order valence-electron chi connectivity index (χ2n) is 4.94. The predicted octanol–water partition coefficient (Wildman–Crippen LogP) is 2.49. The van der Waals surface area contributed by atoms with E-state index in [-0.39, 0.29) is 11.4 Å². The Bertz CT molecular complexity index is 902. The van der Waals surface area contributed by atoms with E-state index in [1.165, 1.54) is 12.1 Å². The quantitative estimate of drug-likeness (QED) is 0.776. The maximum absolute atomic E-state index is 13.1. The first-order valence-corrected chi connectivity index (χ1v) is 8.13. The fourth-order valence-electron chi connectivity index (χ4n) is 2.24. The summed E-state index contributed by atoms with van der Waals surface area (Å²) in [5, 5.41) is 0. The van der Waals surface area contributed by atoms with Crippen molar-refractivity contribution in [3.05, 3.63) is 59.7 Å². The molecule has 2 aromatic carbocycles. The van der Waals surface area contributed by atoms with Gasteiger partial charge in [0.25, 0.3) is 0 Å². The molecule has 0 aliphatic heterocycles. The van der Waals surface area contributed by atoms with Gasteiger partial charge in [0.15, 0.2) is 0 Å². The van der Waals surface area contributed by atoms with Crippen LogP contribution in [0.1, 0.15) is 11.4 Å². The number of para-hydroxylation sites is 2. The number of hydrogen-bond acceptors (Lipinski definition) is 3. The molecule has 1 heterocycles. The number of nitrogens with zero attached hydrogens (tertiary/aromatic N) is 1. The van der Waals surface area contributed by atoms with Gasteiger partial charge in [-0.15, -0.1) is 0 Å². The Labute approximate surface area is 127 Å². The molecule has 114 valence electrons. The van der Waals surface area contributed by atoms with Gasteiger partial charge in [0, 0.05) is 0 Å². The van der Waals surface area contributed by atoms with Crippen molar-refractivity contribution < 1.29 is 12.8 Å². The zero-order valence-electron chi connectivity index (χ0n) is 11.8. The number of rotatable bonds is 4. The lowest BCUT2D eigenvalue weighted by atomic mass is 10.2. The van der Waals surface area contributed by atoms with Crippen molar-refractivity contribution in [3.63, 3.8) is 0 Å². The number of nitrogens with one attached hydrogen (secondary N) is 2. The third kappa shape index (κ3) is 2.86.